The Morgan fingerprint density at radius 3 is 2.73 bits per heavy atom. The summed E-state index contributed by atoms with van der Waals surface area (Å²) < 4.78 is 26.7. The van der Waals surface area contributed by atoms with Gasteiger partial charge in [-0.3, -0.25) is 0 Å². The summed E-state index contributed by atoms with van der Waals surface area (Å²) in [6.45, 7) is 0. The number of hydrogen-bond acceptors (Lipinski definition) is 6. The lowest BCUT2D eigenvalue weighted by Gasteiger charge is -2.18. The van der Waals surface area contributed by atoms with Crippen LogP contribution in [-0.4, -0.2) is 51.5 Å². The van der Waals surface area contributed by atoms with Crippen molar-refractivity contribution in [2.24, 2.45) is 0 Å². The maximum Gasteiger partial charge on any atom is 0.329 e. The molecule has 1 atom stereocenters. The normalized spacial score (nSPS) is 24.6. The second-order valence-electron chi connectivity index (χ2n) is 3.25. The first-order chi connectivity index (χ1) is 6.85. The van der Waals surface area contributed by atoms with E-state index in [1.807, 2.05) is 0 Å². The van der Waals surface area contributed by atoms with Gasteiger partial charge in [0.2, 0.25) is 0 Å². The lowest BCUT2D eigenvalue weighted by Crippen LogP contribution is -2.35. The molecule has 0 unspecified atom stereocenters. The number of ether oxygens (including phenoxy) is 1. The number of carbonyl (C=O) groups is 1. The Bertz CT molecular complexity index is 387. The fourth-order valence-corrected chi connectivity index (χ4v) is 3.54. The summed E-state index contributed by atoms with van der Waals surface area (Å²) in [7, 11) is -0.175. The van der Waals surface area contributed by atoms with Gasteiger partial charge in [-0.25, -0.2) is 13.2 Å². The summed E-state index contributed by atoms with van der Waals surface area (Å²) in [5, 5.41) is 1.74. The van der Waals surface area contributed by atoms with Crippen LogP contribution in [0.2, 0.25) is 0 Å². The van der Waals surface area contributed by atoms with Gasteiger partial charge in [0.05, 0.1) is 17.5 Å². The quantitative estimate of drug-likeness (QED) is 0.646. The van der Waals surface area contributed by atoms with Crippen LogP contribution in [0.1, 0.15) is 0 Å². The first kappa shape index (κ1) is 12.4. The maximum atomic E-state index is 11.3. The van der Waals surface area contributed by atoms with Gasteiger partial charge in [0.1, 0.15) is 6.04 Å². The third kappa shape index (κ3) is 3.13. The van der Waals surface area contributed by atoms with Crippen molar-refractivity contribution in [3.63, 3.8) is 0 Å². The third-order valence-corrected chi connectivity index (χ3v) is 3.98. The molecule has 0 aliphatic carbocycles. The summed E-state index contributed by atoms with van der Waals surface area (Å²) in [6.07, 6.45) is 1.12. The molecule has 1 aliphatic heterocycles. The number of hydrogen-bond donors (Lipinski definition) is 0. The highest BCUT2D eigenvalue weighted by atomic mass is 32.2. The van der Waals surface area contributed by atoms with Crippen molar-refractivity contribution >= 4 is 27.6 Å². The first-order valence-electron chi connectivity index (χ1n) is 4.20. The highest BCUT2D eigenvalue weighted by Gasteiger charge is 2.32. The van der Waals surface area contributed by atoms with E-state index >= 15 is 0 Å². The molecule has 0 N–H and O–H groups in total. The minimum Gasteiger partial charge on any atom is -0.467 e. The number of sulfone groups is 1. The second-order valence-corrected chi connectivity index (χ2v) is 6.18. The molecular formula is C8H13NO4S2. The molecule has 0 bridgehead atoms. The van der Waals surface area contributed by atoms with E-state index in [9.17, 15) is 13.2 Å². The van der Waals surface area contributed by atoms with Crippen LogP contribution in [0.25, 0.3) is 0 Å². The summed E-state index contributed by atoms with van der Waals surface area (Å²) in [4.78, 5) is 12.9. The predicted octanol–water partition coefficient (Wildman–Crippen LogP) is 0.0501. The van der Waals surface area contributed by atoms with E-state index in [0.29, 0.717) is 10.8 Å². The average Bonchev–Trinajstić information content (AvgIpc) is 2.45. The summed E-state index contributed by atoms with van der Waals surface area (Å²) in [5.74, 6) is 0.173. The summed E-state index contributed by atoms with van der Waals surface area (Å²) >= 11 is 1.34. The lowest BCUT2D eigenvalue weighted by atomic mass is 10.3. The van der Waals surface area contributed by atoms with Crippen LogP contribution >= 0.6 is 11.8 Å². The number of carbonyl (C=O) groups excluding carboxylic acids is 1. The number of methoxy groups -OCH3 is 1. The topological polar surface area (TPSA) is 63.7 Å². The fourth-order valence-electron chi connectivity index (χ4n) is 1.19. The van der Waals surface area contributed by atoms with E-state index in [2.05, 4.69) is 4.74 Å². The van der Waals surface area contributed by atoms with Crippen LogP contribution in [0, 0.1) is 0 Å². The van der Waals surface area contributed by atoms with Crippen LogP contribution < -0.4 is 0 Å². The van der Waals surface area contributed by atoms with Crippen LogP contribution in [0.3, 0.4) is 0 Å². The molecule has 1 heterocycles. The van der Waals surface area contributed by atoms with Crippen molar-refractivity contribution in [3.8, 4) is 0 Å². The van der Waals surface area contributed by atoms with Crippen molar-refractivity contribution in [1.29, 1.82) is 0 Å². The summed E-state index contributed by atoms with van der Waals surface area (Å²) in [6, 6.07) is -0.395. The Labute approximate surface area is 93.4 Å². The average molecular weight is 251 g/mol. The fraction of sp³-hybridized carbons (Fsp3) is 0.625. The van der Waals surface area contributed by atoms with Crippen molar-refractivity contribution < 1.29 is 17.9 Å². The summed E-state index contributed by atoms with van der Waals surface area (Å²) in [5.41, 5.74) is 0. The van der Waals surface area contributed by atoms with Crippen LogP contribution in [0.4, 0.5) is 0 Å². The minimum atomic E-state index is -3.17. The molecule has 5 nitrogen and oxygen atoms in total. The Morgan fingerprint density at radius 2 is 2.27 bits per heavy atom. The van der Waals surface area contributed by atoms with Crippen molar-refractivity contribution in [2.75, 3.05) is 26.2 Å². The largest absolute Gasteiger partial charge is 0.467 e. The van der Waals surface area contributed by atoms with Gasteiger partial charge in [0, 0.05) is 19.1 Å². The van der Waals surface area contributed by atoms with E-state index < -0.39 is 15.9 Å². The predicted molar refractivity (Wildman–Crippen MR) is 59.0 cm³/mol. The number of thioether (sulfide) groups is 1. The maximum absolute atomic E-state index is 11.3. The second kappa shape index (κ2) is 4.44. The van der Waals surface area contributed by atoms with E-state index in [-0.39, 0.29) is 5.97 Å². The molecule has 0 aromatic carbocycles. The molecule has 15 heavy (non-hydrogen) atoms. The standard InChI is InChI=1S/C8H13NO4S2/c1-9-6(8(10)13-2)4-14-7(9)5-15(3,11)12/h5-6H,4H2,1-3H3/b7-5-/t6-/m0/s1. The van der Waals surface area contributed by atoms with Gasteiger partial charge >= 0.3 is 5.97 Å². The van der Waals surface area contributed by atoms with E-state index in [4.69, 9.17) is 0 Å². The molecule has 1 aliphatic rings. The van der Waals surface area contributed by atoms with Gasteiger partial charge in [-0.2, -0.15) is 0 Å². The Hall–Kier alpha value is -0.690. The third-order valence-electron chi connectivity index (χ3n) is 1.99. The van der Waals surface area contributed by atoms with Gasteiger partial charge < -0.3 is 9.64 Å². The lowest BCUT2D eigenvalue weighted by molar-refractivity contribution is -0.144. The molecule has 86 valence electrons. The molecular weight excluding hydrogens is 238 g/mol. The zero-order chi connectivity index (χ0) is 11.6. The van der Waals surface area contributed by atoms with Crippen LogP contribution in [0.15, 0.2) is 10.4 Å². The zero-order valence-electron chi connectivity index (χ0n) is 8.76. The molecule has 1 rings (SSSR count). The SMILES string of the molecule is COC(=O)[C@@H]1CS/C(=C\S(C)(=O)=O)N1C. The van der Waals surface area contributed by atoms with Crippen molar-refractivity contribution in [1.82, 2.24) is 4.90 Å². The van der Waals surface area contributed by atoms with Gasteiger partial charge in [0.15, 0.2) is 9.84 Å². The highest BCUT2D eigenvalue weighted by molar-refractivity contribution is 8.04. The first-order valence-corrected chi connectivity index (χ1v) is 7.14. The highest BCUT2D eigenvalue weighted by Crippen LogP contribution is 2.31. The smallest absolute Gasteiger partial charge is 0.329 e. The van der Waals surface area contributed by atoms with E-state index in [1.165, 1.54) is 24.3 Å². The van der Waals surface area contributed by atoms with Crippen molar-refractivity contribution in [2.45, 2.75) is 6.04 Å². The molecule has 1 fully saturated rings. The number of rotatable bonds is 2. The molecule has 7 heteroatoms. The number of esters is 1. The molecule has 0 aromatic rings. The molecule has 0 spiro atoms. The molecule has 1 saturated heterocycles. The number of likely N-dealkylation sites (N-methyl/N-ethyl adjacent to an activating group) is 1. The minimum absolute atomic E-state index is 0.345. The van der Waals surface area contributed by atoms with Gasteiger partial charge in [-0.15, -0.1) is 11.8 Å². The zero-order valence-corrected chi connectivity index (χ0v) is 10.4. The Morgan fingerprint density at radius 1 is 1.67 bits per heavy atom. The molecule has 0 saturated carbocycles. The molecule has 0 radical (unpaired) electrons. The van der Waals surface area contributed by atoms with E-state index in [1.54, 1.807) is 11.9 Å². The number of nitrogens with zero attached hydrogens (tertiary/aromatic N) is 1. The van der Waals surface area contributed by atoms with Gasteiger partial charge in [0.25, 0.3) is 0 Å². The van der Waals surface area contributed by atoms with E-state index in [0.717, 1.165) is 6.26 Å². The Kier molecular flexibility index (Phi) is 3.67. The van der Waals surface area contributed by atoms with Crippen LogP contribution in [-0.2, 0) is 19.4 Å². The molecule has 0 aromatic heterocycles. The van der Waals surface area contributed by atoms with Gasteiger partial charge in [-0.1, -0.05) is 0 Å². The van der Waals surface area contributed by atoms with Crippen molar-refractivity contribution in [3.05, 3.63) is 10.4 Å². The molecule has 0 amide bonds. The van der Waals surface area contributed by atoms with Gasteiger partial charge in [-0.05, 0) is 0 Å². The Balaban J connectivity index is 2.86. The van der Waals surface area contributed by atoms with Crippen LogP contribution in [0.5, 0.6) is 0 Å². The monoisotopic (exact) mass is 251 g/mol.